The van der Waals surface area contributed by atoms with Gasteiger partial charge in [0.1, 0.15) is 17.2 Å². The van der Waals surface area contributed by atoms with E-state index in [0.717, 1.165) is 5.75 Å². The highest BCUT2D eigenvalue weighted by Gasteiger charge is 2.25. The number of anilines is 2. The zero-order chi connectivity index (χ0) is 22.2. The Kier molecular flexibility index (Phi) is 6.87. The predicted octanol–water partition coefficient (Wildman–Crippen LogP) is 3.90. The van der Waals surface area contributed by atoms with Crippen LogP contribution < -0.4 is 24.4 Å². The van der Waals surface area contributed by atoms with Crippen LogP contribution in [0.25, 0.3) is 0 Å². The molecule has 1 heterocycles. The number of carbonyl (C=O) groups excluding carboxylic acids is 2. The van der Waals surface area contributed by atoms with E-state index in [2.05, 4.69) is 5.32 Å². The average molecular weight is 432 g/mol. The quantitative estimate of drug-likeness (QED) is 0.519. The first-order valence-corrected chi connectivity index (χ1v) is 10.4. The van der Waals surface area contributed by atoms with Crippen molar-refractivity contribution in [3.63, 3.8) is 0 Å². The van der Waals surface area contributed by atoms with E-state index in [1.165, 1.54) is 0 Å². The molecule has 0 unspecified atom stereocenters. The first-order chi connectivity index (χ1) is 15.7. The topological polar surface area (TPSA) is 77.1 Å². The Hall–Kier alpha value is -4.00. The minimum absolute atomic E-state index is 0.0108. The Morgan fingerprint density at radius 1 is 0.938 bits per heavy atom. The molecule has 1 N–H and O–H groups in total. The average Bonchev–Trinajstić information content (AvgIpc) is 2.83. The highest BCUT2D eigenvalue weighted by molar-refractivity contribution is 5.99. The largest absolute Gasteiger partial charge is 0.494 e. The van der Waals surface area contributed by atoms with Gasteiger partial charge in [-0.15, -0.1) is 0 Å². The molecule has 32 heavy (non-hydrogen) atoms. The van der Waals surface area contributed by atoms with Crippen molar-refractivity contribution in [3.05, 3.63) is 78.9 Å². The van der Waals surface area contributed by atoms with Crippen LogP contribution in [0.5, 0.6) is 17.2 Å². The van der Waals surface area contributed by atoms with Gasteiger partial charge >= 0.3 is 0 Å². The van der Waals surface area contributed by atoms with Crippen LogP contribution in [-0.4, -0.2) is 38.2 Å². The Bertz CT molecular complexity index is 1060. The molecule has 0 radical (unpaired) electrons. The minimum Gasteiger partial charge on any atom is -0.494 e. The fraction of sp³-hybridized carbons (Fsp3) is 0.200. The second-order valence-electron chi connectivity index (χ2n) is 7.18. The molecule has 7 nitrogen and oxygen atoms in total. The number of ether oxygens (including phenoxy) is 3. The lowest BCUT2D eigenvalue weighted by Gasteiger charge is -2.29. The Morgan fingerprint density at radius 2 is 1.62 bits per heavy atom. The Labute approximate surface area is 186 Å². The highest BCUT2D eigenvalue weighted by Crippen LogP contribution is 2.34. The summed E-state index contributed by atoms with van der Waals surface area (Å²) >= 11 is 0. The van der Waals surface area contributed by atoms with Gasteiger partial charge in [-0.2, -0.15) is 0 Å². The highest BCUT2D eigenvalue weighted by atomic mass is 16.5. The van der Waals surface area contributed by atoms with Crippen molar-refractivity contribution in [2.24, 2.45) is 0 Å². The molecule has 164 valence electrons. The van der Waals surface area contributed by atoms with E-state index in [-0.39, 0.29) is 25.0 Å². The number of carbonyl (C=O) groups is 2. The van der Waals surface area contributed by atoms with E-state index < -0.39 is 0 Å². The summed E-state index contributed by atoms with van der Waals surface area (Å²) in [5.74, 6) is 1.60. The first-order valence-electron chi connectivity index (χ1n) is 10.4. The lowest BCUT2D eigenvalue weighted by Crippen LogP contribution is -2.39. The lowest BCUT2D eigenvalue weighted by molar-refractivity contribution is -0.121. The van der Waals surface area contributed by atoms with Crippen LogP contribution in [0.2, 0.25) is 0 Å². The van der Waals surface area contributed by atoms with Gasteiger partial charge in [-0.25, -0.2) is 0 Å². The zero-order valence-corrected chi connectivity index (χ0v) is 17.5. The van der Waals surface area contributed by atoms with E-state index in [0.29, 0.717) is 42.4 Å². The Balaban J connectivity index is 1.35. The number of nitrogens with zero attached hydrogens (tertiary/aromatic N) is 1. The van der Waals surface area contributed by atoms with Crippen LogP contribution in [0.3, 0.4) is 0 Å². The van der Waals surface area contributed by atoms with E-state index >= 15 is 0 Å². The third kappa shape index (κ3) is 5.57. The molecule has 0 bridgehead atoms. The number of amides is 2. The molecule has 0 aromatic heterocycles. The number of hydrogen-bond acceptors (Lipinski definition) is 5. The summed E-state index contributed by atoms with van der Waals surface area (Å²) in [6.45, 7) is 0.841. The van der Waals surface area contributed by atoms with Crippen molar-refractivity contribution < 1.29 is 23.8 Å². The van der Waals surface area contributed by atoms with Gasteiger partial charge < -0.3 is 24.4 Å². The molecule has 1 aliphatic rings. The molecule has 0 fully saturated rings. The molecule has 7 heteroatoms. The zero-order valence-electron chi connectivity index (χ0n) is 17.5. The number of fused-ring (bicyclic) bond motifs is 1. The van der Waals surface area contributed by atoms with E-state index in [4.69, 9.17) is 14.2 Å². The van der Waals surface area contributed by atoms with Gasteiger partial charge in [-0.05, 0) is 48.9 Å². The van der Waals surface area contributed by atoms with Crippen LogP contribution in [0.4, 0.5) is 11.4 Å². The maximum absolute atomic E-state index is 12.5. The fourth-order valence-electron chi connectivity index (χ4n) is 3.32. The maximum Gasteiger partial charge on any atom is 0.265 e. The summed E-state index contributed by atoms with van der Waals surface area (Å²) in [6.07, 6.45) is 0.654. The van der Waals surface area contributed by atoms with Crippen molar-refractivity contribution in [2.45, 2.75) is 6.42 Å². The molecule has 0 aliphatic carbocycles. The monoisotopic (exact) mass is 432 g/mol. The minimum atomic E-state index is -0.292. The van der Waals surface area contributed by atoms with E-state index in [9.17, 15) is 9.59 Å². The van der Waals surface area contributed by atoms with Gasteiger partial charge in [-0.1, -0.05) is 36.4 Å². The summed E-state index contributed by atoms with van der Waals surface area (Å²) in [5, 5.41) is 2.80. The van der Waals surface area contributed by atoms with Gasteiger partial charge in [-0.3, -0.25) is 9.59 Å². The summed E-state index contributed by atoms with van der Waals surface area (Å²) in [5.41, 5.74) is 1.19. The smallest absolute Gasteiger partial charge is 0.265 e. The lowest BCUT2D eigenvalue weighted by atomic mass is 10.2. The van der Waals surface area contributed by atoms with Gasteiger partial charge in [0.2, 0.25) is 0 Å². The van der Waals surface area contributed by atoms with Crippen LogP contribution >= 0.6 is 0 Å². The molecular weight excluding hydrogens is 408 g/mol. The van der Waals surface area contributed by atoms with Crippen molar-refractivity contribution in [3.8, 4) is 17.2 Å². The number of hydrogen-bond donors (Lipinski definition) is 1. The molecule has 3 aromatic rings. The van der Waals surface area contributed by atoms with Crippen molar-refractivity contribution >= 4 is 23.2 Å². The van der Waals surface area contributed by atoms with Crippen LogP contribution in [0.15, 0.2) is 78.9 Å². The molecule has 3 aromatic carbocycles. The molecule has 1 aliphatic heterocycles. The second-order valence-corrected chi connectivity index (χ2v) is 7.18. The normalized spacial score (nSPS) is 12.5. The Morgan fingerprint density at radius 3 is 2.34 bits per heavy atom. The standard InChI is InChI=1S/C25H24N2O5/c28-24(17-31-21-10-5-2-6-11-21)26-19-12-13-23-22(16-19)27(25(29)18-32-23)14-7-15-30-20-8-3-1-4-9-20/h1-6,8-13,16H,7,14-15,17-18H2,(H,26,28). The first kappa shape index (κ1) is 21.2. The van der Waals surface area contributed by atoms with E-state index in [1.54, 1.807) is 35.2 Å². The van der Waals surface area contributed by atoms with Crippen LogP contribution in [0.1, 0.15) is 6.42 Å². The summed E-state index contributed by atoms with van der Waals surface area (Å²) in [6, 6.07) is 23.9. The van der Waals surface area contributed by atoms with Crippen LogP contribution in [0, 0.1) is 0 Å². The van der Waals surface area contributed by atoms with Gasteiger partial charge in [0.15, 0.2) is 13.2 Å². The third-order valence-corrected chi connectivity index (χ3v) is 4.84. The SMILES string of the molecule is O=C(COc1ccccc1)Nc1ccc2c(c1)N(CCCOc1ccccc1)C(=O)CO2. The molecule has 2 amide bonds. The molecular formula is C25H24N2O5. The molecule has 0 spiro atoms. The predicted molar refractivity (Wildman–Crippen MR) is 121 cm³/mol. The van der Waals surface area contributed by atoms with Gasteiger partial charge in [0.25, 0.3) is 11.8 Å². The summed E-state index contributed by atoms with van der Waals surface area (Å²) in [4.78, 5) is 26.4. The van der Waals surface area contributed by atoms with Crippen LogP contribution in [-0.2, 0) is 9.59 Å². The number of benzene rings is 3. The summed E-state index contributed by atoms with van der Waals surface area (Å²) < 4.78 is 16.7. The summed E-state index contributed by atoms with van der Waals surface area (Å²) in [7, 11) is 0. The number of para-hydroxylation sites is 2. The van der Waals surface area contributed by atoms with Crippen molar-refractivity contribution in [1.29, 1.82) is 0 Å². The van der Waals surface area contributed by atoms with Gasteiger partial charge in [0.05, 0.1) is 12.3 Å². The molecule has 4 rings (SSSR count). The molecule has 0 saturated carbocycles. The second kappa shape index (κ2) is 10.3. The number of rotatable bonds is 9. The van der Waals surface area contributed by atoms with Crippen molar-refractivity contribution in [1.82, 2.24) is 0 Å². The molecule has 0 saturated heterocycles. The van der Waals surface area contributed by atoms with E-state index in [1.807, 2.05) is 48.5 Å². The third-order valence-electron chi connectivity index (χ3n) is 4.84. The van der Waals surface area contributed by atoms with Gasteiger partial charge in [0, 0.05) is 12.2 Å². The fourth-order valence-corrected chi connectivity index (χ4v) is 3.32. The maximum atomic E-state index is 12.5. The number of nitrogens with one attached hydrogen (secondary N) is 1. The van der Waals surface area contributed by atoms with Crippen molar-refractivity contribution in [2.75, 3.05) is 36.6 Å². The molecule has 0 atom stereocenters.